The fourth-order valence-electron chi connectivity index (χ4n) is 3.21. The van der Waals surface area contributed by atoms with E-state index in [1.807, 2.05) is 0 Å². The lowest BCUT2D eigenvalue weighted by Crippen LogP contribution is -2.50. The molecule has 138 valence electrons. The third-order valence-electron chi connectivity index (χ3n) is 4.40. The van der Waals surface area contributed by atoms with E-state index in [0.29, 0.717) is 32.6 Å². The molecule has 9 nitrogen and oxygen atoms in total. The SMILES string of the molecule is COc1ccc([N+](=O)[O-])cc1S(=O)(=O)N1CCCCC1C1OCCO1. The molecule has 2 saturated heterocycles. The first-order valence-corrected chi connectivity index (χ1v) is 9.46. The predicted molar refractivity (Wildman–Crippen MR) is 86.9 cm³/mol. The molecular formula is C15H20N2O7S. The Bertz CT molecular complexity index is 746. The number of methoxy groups -OCH3 is 1. The van der Waals surface area contributed by atoms with E-state index in [9.17, 15) is 18.5 Å². The van der Waals surface area contributed by atoms with Crippen molar-refractivity contribution in [3.63, 3.8) is 0 Å². The molecule has 2 fully saturated rings. The predicted octanol–water partition coefficient (Wildman–Crippen LogP) is 1.52. The Morgan fingerprint density at radius 1 is 1.28 bits per heavy atom. The van der Waals surface area contributed by atoms with Crippen LogP contribution in [0.5, 0.6) is 5.75 Å². The summed E-state index contributed by atoms with van der Waals surface area (Å²) >= 11 is 0. The molecule has 0 saturated carbocycles. The van der Waals surface area contributed by atoms with E-state index in [-0.39, 0.29) is 16.3 Å². The summed E-state index contributed by atoms with van der Waals surface area (Å²) in [6.07, 6.45) is 1.58. The summed E-state index contributed by atoms with van der Waals surface area (Å²) in [6, 6.07) is 3.10. The zero-order valence-corrected chi connectivity index (χ0v) is 14.6. The van der Waals surface area contributed by atoms with Gasteiger partial charge in [-0.3, -0.25) is 10.1 Å². The van der Waals surface area contributed by atoms with E-state index < -0.39 is 27.3 Å². The molecule has 1 aromatic carbocycles. The van der Waals surface area contributed by atoms with Gasteiger partial charge in [0.05, 0.1) is 31.3 Å². The Kier molecular flexibility index (Phi) is 5.23. The van der Waals surface area contributed by atoms with Crippen molar-refractivity contribution in [1.82, 2.24) is 4.31 Å². The quantitative estimate of drug-likeness (QED) is 0.569. The monoisotopic (exact) mass is 372 g/mol. The molecule has 0 radical (unpaired) electrons. The highest BCUT2D eigenvalue weighted by molar-refractivity contribution is 7.89. The number of non-ortho nitro benzene ring substituents is 1. The maximum Gasteiger partial charge on any atom is 0.271 e. The number of nitro benzene ring substituents is 1. The van der Waals surface area contributed by atoms with Gasteiger partial charge < -0.3 is 14.2 Å². The molecule has 0 aromatic heterocycles. The summed E-state index contributed by atoms with van der Waals surface area (Å²) in [4.78, 5) is 10.2. The Balaban J connectivity index is 2.01. The van der Waals surface area contributed by atoms with E-state index in [2.05, 4.69) is 0 Å². The molecular weight excluding hydrogens is 352 g/mol. The molecule has 0 bridgehead atoms. The van der Waals surface area contributed by atoms with Crippen LogP contribution >= 0.6 is 0 Å². The highest BCUT2D eigenvalue weighted by Gasteiger charge is 2.41. The van der Waals surface area contributed by atoms with Crippen LogP contribution in [0, 0.1) is 10.1 Å². The van der Waals surface area contributed by atoms with Crippen molar-refractivity contribution in [3.8, 4) is 5.75 Å². The van der Waals surface area contributed by atoms with Crippen LogP contribution in [-0.2, 0) is 19.5 Å². The molecule has 25 heavy (non-hydrogen) atoms. The maximum atomic E-state index is 13.2. The summed E-state index contributed by atoms with van der Waals surface area (Å²) in [6.45, 7) is 1.16. The molecule has 1 aromatic rings. The van der Waals surface area contributed by atoms with Crippen LogP contribution < -0.4 is 4.74 Å². The van der Waals surface area contributed by atoms with Crippen LogP contribution in [0.1, 0.15) is 19.3 Å². The van der Waals surface area contributed by atoms with Crippen molar-refractivity contribution in [2.24, 2.45) is 0 Å². The third-order valence-corrected chi connectivity index (χ3v) is 6.35. The van der Waals surface area contributed by atoms with Crippen molar-refractivity contribution >= 4 is 15.7 Å². The number of benzene rings is 1. The highest BCUT2D eigenvalue weighted by Crippen LogP contribution is 2.35. The van der Waals surface area contributed by atoms with E-state index in [1.165, 1.54) is 23.5 Å². The molecule has 3 rings (SSSR count). The number of nitro groups is 1. The van der Waals surface area contributed by atoms with Crippen molar-refractivity contribution in [3.05, 3.63) is 28.3 Å². The number of nitrogens with zero attached hydrogens (tertiary/aromatic N) is 2. The van der Waals surface area contributed by atoms with Crippen molar-refractivity contribution in [1.29, 1.82) is 0 Å². The molecule has 1 atom stereocenters. The summed E-state index contributed by atoms with van der Waals surface area (Å²) in [5.74, 6) is 0.0724. The lowest BCUT2D eigenvalue weighted by Gasteiger charge is -2.37. The van der Waals surface area contributed by atoms with Crippen LogP contribution in [-0.4, -0.2) is 56.8 Å². The van der Waals surface area contributed by atoms with Gasteiger partial charge in [0.2, 0.25) is 10.0 Å². The van der Waals surface area contributed by atoms with Gasteiger partial charge in [0.15, 0.2) is 6.29 Å². The third kappa shape index (κ3) is 3.47. The van der Waals surface area contributed by atoms with Gasteiger partial charge >= 0.3 is 0 Å². The topological polar surface area (TPSA) is 108 Å². The van der Waals surface area contributed by atoms with Gasteiger partial charge in [0.1, 0.15) is 10.6 Å². The lowest BCUT2D eigenvalue weighted by molar-refractivity contribution is -0.385. The Morgan fingerprint density at radius 2 is 2.00 bits per heavy atom. The highest BCUT2D eigenvalue weighted by atomic mass is 32.2. The largest absolute Gasteiger partial charge is 0.495 e. The zero-order valence-electron chi connectivity index (χ0n) is 13.8. The first kappa shape index (κ1) is 18.1. The number of hydrogen-bond acceptors (Lipinski definition) is 7. The van der Waals surface area contributed by atoms with Crippen LogP contribution in [0.3, 0.4) is 0 Å². The normalized spacial score (nSPS) is 22.8. The molecule has 2 aliphatic heterocycles. The molecule has 2 heterocycles. The van der Waals surface area contributed by atoms with E-state index >= 15 is 0 Å². The van der Waals surface area contributed by atoms with Gasteiger partial charge in [-0.1, -0.05) is 6.42 Å². The number of sulfonamides is 1. The smallest absolute Gasteiger partial charge is 0.271 e. The maximum absolute atomic E-state index is 13.2. The Hall–Kier alpha value is -1.75. The minimum atomic E-state index is -4.00. The molecule has 0 amide bonds. The minimum absolute atomic E-state index is 0.0724. The van der Waals surface area contributed by atoms with Crippen molar-refractivity contribution in [2.75, 3.05) is 26.9 Å². The second kappa shape index (κ2) is 7.24. The van der Waals surface area contributed by atoms with E-state index in [0.717, 1.165) is 12.5 Å². The fraction of sp³-hybridized carbons (Fsp3) is 0.600. The minimum Gasteiger partial charge on any atom is -0.495 e. The van der Waals surface area contributed by atoms with Gasteiger partial charge in [0, 0.05) is 18.7 Å². The fourth-order valence-corrected chi connectivity index (χ4v) is 5.07. The number of rotatable bonds is 5. The van der Waals surface area contributed by atoms with Crippen LogP contribution in [0.2, 0.25) is 0 Å². The molecule has 0 N–H and O–H groups in total. The van der Waals surface area contributed by atoms with Gasteiger partial charge in [-0.25, -0.2) is 8.42 Å². The summed E-state index contributed by atoms with van der Waals surface area (Å²) in [7, 11) is -2.67. The van der Waals surface area contributed by atoms with Crippen molar-refractivity contribution < 1.29 is 27.6 Å². The molecule has 10 heteroatoms. The molecule has 1 unspecified atom stereocenters. The van der Waals surface area contributed by atoms with E-state index in [4.69, 9.17) is 14.2 Å². The molecule has 0 spiro atoms. The first-order chi connectivity index (χ1) is 11.9. The van der Waals surface area contributed by atoms with Gasteiger partial charge in [-0.15, -0.1) is 0 Å². The first-order valence-electron chi connectivity index (χ1n) is 8.02. The van der Waals surface area contributed by atoms with Crippen molar-refractivity contribution in [2.45, 2.75) is 36.5 Å². The Labute approximate surface area is 145 Å². The van der Waals surface area contributed by atoms with Gasteiger partial charge in [-0.05, 0) is 18.9 Å². The zero-order chi connectivity index (χ0) is 18.0. The number of ether oxygens (including phenoxy) is 3. The van der Waals surface area contributed by atoms with Crippen LogP contribution in [0.25, 0.3) is 0 Å². The summed E-state index contributed by atoms with van der Waals surface area (Å²) < 4.78 is 43.9. The number of piperidine rings is 1. The average molecular weight is 372 g/mol. The second-order valence-corrected chi connectivity index (χ2v) is 7.74. The second-order valence-electron chi connectivity index (χ2n) is 5.88. The van der Waals surface area contributed by atoms with Crippen LogP contribution in [0.15, 0.2) is 23.1 Å². The standard InChI is InChI=1S/C15H20N2O7S/c1-22-13-6-5-11(17(18)19)10-14(13)25(20,21)16-7-3-2-4-12(16)15-23-8-9-24-15/h5-6,10,12,15H,2-4,7-9H2,1H3. The van der Waals surface area contributed by atoms with E-state index in [1.54, 1.807) is 0 Å². The number of hydrogen-bond donors (Lipinski definition) is 0. The Morgan fingerprint density at radius 3 is 2.64 bits per heavy atom. The molecule has 0 aliphatic carbocycles. The van der Waals surface area contributed by atoms with Crippen LogP contribution in [0.4, 0.5) is 5.69 Å². The summed E-state index contributed by atoms with van der Waals surface area (Å²) in [5.41, 5.74) is -0.304. The average Bonchev–Trinajstić information content (AvgIpc) is 3.15. The summed E-state index contributed by atoms with van der Waals surface area (Å²) in [5, 5.41) is 11.0. The molecule has 2 aliphatic rings. The van der Waals surface area contributed by atoms with Gasteiger partial charge in [-0.2, -0.15) is 4.31 Å². The lowest BCUT2D eigenvalue weighted by atomic mass is 10.0. The van der Waals surface area contributed by atoms with Gasteiger partial charge in [0.25, 0.3) is 5.69 Å².